The monoisotopic (exact) mass is 412 g/mol. The van der Waals surface area contributed by atoms with Gasteiger partial charge in [-0.1, -0.05) is 30.3 Å². The van der Waals surface area contributed by atoms with Gasteiger partial charge in [0.15, 0.2) is 5.78 Å². The van der Waals surface area contributed by atoms with Crippen LogP contribution in [0.3, 0.4) is 0 Å². The van der Waals surface area contributed by atoms with E-state index >= 15 is 0 Å². The largest absolute Gasteiger partial charge is 0.508 e. The topological polar surface area (TPSA) is 84.3 Å². The molecule has 0 aliphatic rings. The lowest BCUT2D eigenvalue weighted by atomic mass is 10.1. The van der Waals surface area contributed by atoms with Crippen molar-refractivity contribution in [3.8, 4) is 28.4 Å². The predicted molar refractivity (Wildman–Crippen MR) is 120 cm³/mol. The van der Waals surface area contributed by atoms with E-state index in [0.29, 0.717) is 16.9 Å². The molecular formula is C25H20N2O4. The highest BCUT2D eigenvalue weighted by molar-refractivity contribution is 6.07. The van der Waals surface area contributed by atoms with Crippen LogP contribution in [0.5, 0.6) is 11.5 Å². The molecule has 0 unspecified atom stereocenters. The molecule has 1 heterocycles. The van der Waals surface area contributed by atoms with Crippen molar-refractivity contribution in [3.63, 3.8) is 0 Å². The maximum absolute atomic E-state index is 12.6. The molecule has 0 spiro atoms. The van der Waals surface area contributed by atoms with Crippen LogP contribution < -0.4 is 10.4 Å². The Morgan fingerprint density at radius 3 is 2.48 bits per heavy atom. The van der Waals surface area contributed by atoms with Crippen LogP contribution in [0.1, 0.15) is 15.9 Å². The minimum Gasteiger partial charge on any atom is -0.508 e. The minimum atomic E-state index is -0.318. The van der Waals surface area contributed by atoms with E-state index in [4.69, 9.17) is 4.74 Å². The number of ether oxygens (including phenoxy) is 1. The highest BCUT2D eigenvalue weighted by atomic mass is 16.5. The van der Waals surface area contributed by atoms with Gasteiger partial charge in [0, 0.05) is 11.8 Å². The lowest BCUT2D eigenvalue weighted by Crippen LogP contribution is -2.14. The zero-order valence-corrected chi connectivity index (χ0v) is 16.8. The second kappa shape index (κ2) is 8.59. The summed E-state index contributed by atoms with van der Waals surface area (Å²) >= 11 is 0. The minimum absolute atomic E-state index is 0.152. The van der Waals surface area contributed by atoms with E-state index in [-0.39, 0.29) is 17.2 Å². The zero-order chi connectivity index (χ0) is 21.8. The van der Waals surface area contributed by atoms with Crippen molar-refractivity contribution >= 4 is 11.9 Å². The third kappa shape index (κ3) is 4.48. The number of phenolic OH excluding ortho intramolecular Hbond substituents is 1. The number of aromatic nitrogens is 2. The Morgan fingerprint density at radius 1 is 1.03 bits per heavy atom. The summed E-state index contributed by atoms with van der Waals surface area (Å²) in [6, 6.07) is 20.8. The summed E-state index contributed by atoms with van der Waals surface area (Å²) in [4.78, 5) is 27.9. The molecule has 0 radical (unpaired) electrons. The molecule has 0 aliphatic heterocycles. The first kappa shape index (κ1) is 20.0. The number of nitrogens with one attached hydrogen (secondary N) is 1. The zero-order valence-electron chi connectivity index (χ0n) is 16.8. The average molecular weight is 412 g/mol. The maximum atomic E-state index is 12.6. The number of methoxy groups -OCH3 is 1. The van der Waals surface area contributed by atoms with Crippen LogP contribution >= 0.6 is 0 Å². The number of ketones is 1. The summed E-state index contributed by atoms with van der Waals surface area (Å²) in [5, 5.41) is 9.44. The summed E-state index contributed by atoms with van der Waals surface area (Å²) < 4.78 is 6.58. The molecule has 6 nitrogen and oxygen atoms in total. The Labute approximate surface area is 178 Å². The lowest BCUT2D eigenvalue weighted by molar-refractivity contribution is 0.104. The molecule has 2 N–H and O–H groups in total. The molecule has 0 fully saturated rings. The number of phenols is 1. The van der Waals surface area contributed by atoms with Crippen molar-refractivity contribution in [3.05, 3.63) is 107 Å². The summed E-state index contributed by atoms with van der Waals surface area (Å²) in [6.45, 7) is 0. The van der Waals surface area contributed by atoms with Crippen molar-refractivity contribution in [2.45, 2.75) is 0 Å². The molecule has 0 bridgehead atoms. The van der Waals surface area contributed by atoms with E-state index < -0.39 is 0 Å². The third-order valence-electron chi connectivity index (χ3n) is 4.85. The molecule has 0 amide bonds. The molecule has 3 aromatic carbocycles. The summed E-state index contributed by atoms with van der Waals surface area (Å²) in [6.07, 6.45) is 4.91. The number of nitrogens with zero attached hydrogens (tertiary/aromatic N) is 1. The average Bonchev–Trinajstić information content (AvgIpc) is 3.20. The number of hydrogen-bond donors (Lipinski definition) is 2. The summed E-state index contributed by atoms with van der Waals surface area (Å²) in [5.74, 6) is 0.735. The Balaban J connectivity index is 1.58. The lowest BCUT2D eigenvalue weighted by Gasteiger charge is -2.03. The van der Waals surface area contributed by atoms with Crippen molar-refractivity contribution in [2.24, 2.45) is 0 Å². The third-order valence-corrected chi connectivity index (χ3v) is 4.85. The van der Waals surface area contributed by atoms with E-state index in [1.165, 1.54) is 10.6 Å². The molecule has 6 heteroatoms. The summed E-state index contributed by atoms with van der Waals surface area (Å²) in [5.41, 5.74) is 2.99. The van der Waals surface area contributed by atoms with Gasteiger partial charge in [0.1, 0.15) is 11.5 Å². The number of carbonyl (C=O) groups excluding carboxylic acids is 1. The van der Waals surface area contributed by atoms with Crippen LogP contribution in [-0.2, 0) is 0 Å². The number of H-pyrrole nitrogens is 1. The van der Waals surface area contributed by atoms with Gasteiger partial charge >= 0.3 is 5.69 Å². The molecule has 0 atom stereocenters. The molecule has 0 saturated heterocycles. The molecular weight excluding hydrogens is 392 g/mol. The van der Waals surface area contributed by atoms with Crippen molar-refractivity contribution in [1.29, 1.82) is 0 Å². The number of hydrogen-bond acceptors (Lipinski definition) is 4. The fourth-order valence-electron chi connectivity index (χ4n) is 3.17. The summed E-state index contributed by atoms with van der Waals surface area (Å²) in [7, 11) is 1.60. The van der Waals surface area contributed by atoms with Crippen molar-refractivity contribution in [1.82, 2.24) is 9.55 Å². The molecule has 0 saturated carbocycles. The van der Waals surface area contributed by atoms with Crippen molar-refractivity contribution < 1.29 is 14.6 Å². The highest BCUT2D eigenvalue weighted by Crippen LogP contribution is 2.20. The van der Waals surface area contributed by atoms with Crippen molar-refractivity contribution in [2.75, 3.05) is 7.11 Å². The number of benzene rings is 3. The molecule has 31 heavy (non-hydrogen) atoms. The molecule has 4 rings (SSSR count). The van der Waals surface area contributed by atoms with Gasteiger partial charge in [-0.15, -0.1) is 0 Å². The van der Waals surface area contributed by atoms with Crippen LogP contribution in [0.25, 0.3) is 23.0 Å². The van der Waals surface area contributed by atoms with Crippen LogP contribution in [0.15, 0.2) is 89.9 Å². The van der Waals surface area contributed by atoms with E-state index in [1.807, 2.05) is 24.3 Å². The highest BCUT2D eigenvalue weighted by Gasteiger charge is 2.09. The SMILES string of the molecule is COc1ccc(/C=C/C(=O)c2cccc(-n3cc(-c4ccc(O)cc4)[nH]c3=O)c2)cc1. The van der Waals surface area contributed by atoms with Crippen LogP contribution in [-0.4, -0.2) is 27.6 Å². The van der Waals surface area contributed by atoms with Gasteiger partial charge in [0.05, 0.1) is 18.5 Å². The number of carbonyl (C=O) groups is 1. The van der Waals surface area contributed by atoms with Gasteiger partial charge in [-0.3, -0.25) is 9.36 Å². The first-order chi connectivity index (χ1) is 15.0. The Kier molecular flexibility index (Phi) is 5.53. The van der Waals surface area contributed by atoms with E-state index in [9.17, 15) is 14.7 Å². The standard InChI is InChI=1S/C25H20N2O4/c1-31-22-12-5-17(6-13-22)7-14-24(29)19-3-2-4-20(15-19)27-16-23(26-25(27)30)18-8-10-21(28)11-9-18/h2-16,28H,1H3,(H,26,30)/b14-7+. The number of allylic oxidation sites excluding steroid dienone is 1. The van der Waals surface area contributed by atoms with Gasteiger partial charge in [-0.2, -0.15) is 0 Å². The predicted octanol–water partition coefficient (Wildman–Crippen LogP) is 4.44. The fourth-order valence-corrected chi connectivity index (χ4v) is 3.17. The Morgan fingerprint density at radius 2 is 1.77 bits per heavy atom. The number of aromatic hydroxyl groups is 1. The maximum Gasteiger partial charge on any atom is 0.330 e. The van der Waals surface area contributed by atoms with Crippen LogP contribution in [0.2, 0.25) is 0 Å². The van der Waals surface area contributed by atoms with E-state index in [2.05, 4.69) is 4.98 Å². The molecule has 0 aliphatic carbocycles. The first-order valence-electron chi connectivity index (χ1n) is 9.61. The smallest absolute Gasteiger partial charge is 0.330 e. The fraction of sp³-hybridized carbons (Fsp3) is 0.0400. The van der Waals surface area contributed by atoms with Crippen LogP contribution in [0.4, 0.5) is 0 Å². The first-order valence-corrected chi connectivity index (χ1v) is 9.61. The number of aromatic amines is 1. The van der Waals surface area contributed by atoms with Gasteiger partial charge in [0.2, 0.25) is 0 Å². The van der Waals surface area contributed by atoms with Gasteiger partial charge in [-0.05, 0) is 65.7 Å². The van der Waals surface area contributed by atoms with E-state index in [1.54, 1.807) is 67.9 Å². The second-order valence-corrected chi connectivity index (χ2v) is 6.91. The molecule has 1 aromatic heterocycles. The second-order valence-electron chi connectivity index (χ2n) is 6.91. The normalized spacial score (nSPS) is 11.0. The quantitative estimate of drug-likeness (QED) is 0.362. The van der Waals surface area contributed by atoms with Gasteiger partial charge < -0.3 is 14.8 Å². The number of imidazole rings is 1. The molecule has 4 aromatic rings. The number of rotatable bonds is 6. The molecule has 154 valence electrons. The van der Waals surface area contributed by atoms with Gasteiger partial charge in [0.25, 0.3) is 0 Å². The van der Waals surface area contributed by atoms with Crippen LogP contribution in [0, 0.1) is 0 Å². The van der Waals surface area contributed by atoms with Gasteiger partial charge in [-0.25, -0.2) is 4.79 Å². The Hall–Kier alpha value is -4.32. The Bertz CT molecular complexity index is 1300. The van der Waals surface area contributed by atoms with E-state index in [0.717, 1.165) is 16.9 Å².